The van der Waals surface area contributed by atoms with Gasteiger partial charge in [0, 0.05) is 11.1 Å². The van der Waals surface area contributed by atoms with Crippen LogP contribution in [0.1, 0.15) is 24.0 Å². The van der Waals surface area contributed by atoms with Gasteiger partial charge in [-0.15, -0.1) is 0 Å². The maximum absolute atomic E-state index is 6.06. The van der Waals surface area contributed by atoms with E-state index in [4.69, 9.17) is 9.47 Å². The smallest absolute Gasteiger partial charge is 0.116 e. The SMILES string of the molecule is Brc1ccccc1COCC1(c2ccccc2)CCCO1. The fraction of sp³-hybridized carbons (Fsp3) is 0.333. The summed E-state index contributed by atoms with van der Waals surface area (Å²) in [7, 11) is 0. The Labute approximate surface area is 134 Å². The topological polar surface area (TPSA) is 18.5 Å². The van der Waals surface area contributed by atoms with Crippen LogP contribution in [0, 0.1) is 0 Å². The monoisotopic (exact) mass is 346 g/mol. The van der Waals surface area contributed by atoms with Crippen LogP contribution in [0.3, 0.4) is 0 Å². The van der Waals surface area contributed by atoms with Crippen molar-refractivity contribution in [3.05, 3.63) is 70.2 Å². The predicted molar refractivity (Wildman–Crippen MR) is 87.1 cm³/mol. The molecule has 1 aliphatic rings. The first-order valence-corrected chi connectivity index (χ1v) is 8.10. The van der Waals surface area contributed by atoms with Gasteiger partial charge in [-0.2, -0.15) is 0 Å². The van der Waals surface area contributed by atoms with Gasteiger partial charge in [0.15, 0.2) is 0 Å². The molecule has 2 nitrogen and oxygen atoms in total. The molecule has 21 heavy (non-hydrogen) atoms. The van der Waals surface area contributed by atoms with Crippen LogP contribution in [-0.2, 0) is 21.7 Å². The van der Waals surface area contributed by atoms with E-state index in [9.17, 15) is 0 Å². The van der Waals surface area contributed by atoms with Crippen LogP contribution in [0.4, 0.5) is 0 Å². The predicted octanol–water partition coefficient (Wildman–Crippen LogP) is 4.67. The molecule has 0 saturated carbocycles. The molecular formula is C18H19BrO2. The summed E-state index contributed by atoms with van der Waals surface area (Å²) in [6.07, 6.45) is 2.11. The fourth-order valence-electron chi connectivity index (χ4n) is 2.81. The van der Waals surface area contributed by atoms with Crippen LogP contribution in [0.2, 0.25) is 0 Å². The van der Waals surface area contributed by atoms with Crippen LogP contribution in [0.25, 0.3) is 0 Å². The zero-order valence-electron chi connectivity index (χ0n) is 11.9. The normalized spacial score (nSPS) is 21.6. The highest BCUT2D eigenvalue weighted by Gasteiger charge is 2.37. The van der Waals surface area contributed by atoms with Gasteiger partial charge in [-0.3, -0.25) is 0 Å². The van der Waals surface area contributed by atoms with Crippen molar-refractivity contribution in [1.82, 2.24) is 0 Å². The Morgan fingerprint density at radius 2 is 1.81 bits per heavy atom. The molecule has 2 aromatic carbocycles. The van der Waals surface area contributed by atoms with E-state index in [0.717, 1.165) is 23.9 Å². The van der Waals surface area contributed by atoms with Crippen LogP contribution in [0.15, 0.2) is 59.1 Å². The average Bonchev–Trinajstić information content (AvgIpc) is 3.00. The molecule has 0 N–H and O–H groups in total. The lowest BCUT2D eigenvalue weighted by Crippen LogP contribution is -2.30. The van der Waals surface area contributed by atoms with Gasteiger partial charge in [-0.1, -0.05) is 64.5 Å². The summed E-state index contributed by atoms with van der Waals surface area (Å²) in [5.74, 6) is 0. The van der Waals surface area contributed by atoms with E-state index in [1.165, 1.54) is 11.1 Å². The lowest BCUT2D eigenvalue weighted by atomic mass is 9.92. The van der Waals surface area contributed by atoms with Gasteiger partial charge in [0.25, 0.3) is 0 Å². The Hall–Kier alpha value is -1.16. The third-order valence-corrected chi connectivity index (χ3v) is 4.73. The molecule has 1 aliphatic heterocycles. The number of rotatable bonds is 5. The molecule has 3 heteroatoms. The molecule has 0 aliphatic carbocycles. The van der Waals surface area contributed by atoms with Crippen molar-refractivity contribution in [2.75, 3.05) is 13.2 Å². The van der Waals surface area contributed by atoms with Crippen LogP contribution in [0.5, 0.6) is 0 Å². The third kappa shape index (κ3) is 3.37. The summed E-state index contributed by atoms with van der Waals surface area (Å²) in [4.78, 5) is 0. The first kappa shape index (κ1) is 14.8. The van der Waals surface area contributed by atoms with E-state index >= 15 is 0 Å². The highest BCUT2D eigenvalue weighted by atomic mass is 79.9. The summed E-state index contributed by atoms with van der Waals surface area (Å²) in [5, 5.41) is 0. The van der Waals surface area contributed by atoms with E-state index in [2.05, 4.69) is 46.3 Å². The van der Waals surface area contributed by atoms with E-state index in [1.54, 1.807) is 0 Å². The molecule has 0 amide bonds. The van der Waals surface area contributed by atoms with Gasteiger partial charge < -0.3 is 9.47 Å². The average molecular weight is 347 g/mol. The molecular weight excluding hydrogens is 328 g/mol. The third-order valence-electron chi connectivity index (χ3n) is 3.95. The quantitative estimate of drug-likeness (QED) is 0.782. The molecule has 0 radical (unpaired) electrons. The Kier molecular flexibility index (Phi) is 4.73. The number of hydrogen-bond acceptors (Lipinski definition) is 2. The van der Waals surface area contributed by atoms with Crippen molar-refractivity contribution in [3.8, 4) is 0 Å². The molecule has 0 aromatic heterocycles. The highest BCUT2D eigenvalue weighted by Crippen LogP contribution is 2.36. The first-order chi connectivity index (χ1) is 10.3. The van der Waals surface area contributed by atoms with Crippen molar-refractivity contribution in [2.45, 2.75) is 25.0 Å². The Balaban J connectivity index is 1.68. The Bertz CT molecular complexity index is 577. The second kappa shape index (κ2) is 6.73. The number of ether oxygens (including phenoxy) is 2. The molecule has 0 spiro atoms. The number of benzene rings is 2. The zero-order valence-corrected chi connectivity index (χ0v) is 13.5. The van der Waals surface area contributed by atoms with Crippen molar-refractivity contribution in [2.24, 2.45) is 0 Å². The van der Waals surface area contributed by atoms with E-state index < -0.39 is 0 Å². The second-order valence-electron chi connectivity index (χ2n) is 5.40. The van der Waals surface area contributed by atoms with Crippen LogP contribution >= 0.6 is 15.9 Å². The highest BCUT2D eigenvalue weighted by molar-refractivity contribution is 9.10. The molecule has 1 atom stereocenters. The van der Waals surface area contributed by atoms with Gasteiger partial charge in [0.1, 0.15) is 5.60 Å². The van der Waals surface area contributed by atoms with Crippen LogP contribution in [-0.4, -0.2) is 13.2 Å². The molecule has 3 rings (SSSR count). The minimum atomic E-state index is -0.275. The standard InChI is InChI=1S/C18H19BrO2/c19-17-10-5-4-7-15(17)13-20-14-18(11-6-12-21-18)16-8-2-1-3-9-16/h1-5,7-10H,6,11-14H2. The summed E-state index contributed by atoms with van der Waals surface area (Å²) >= 11 is 3.56. The molecule has 110 valence electrons. The first-order valence-electron chi connectivity index (χ1n) is 7.31. The van der Waals surface area contributed by atoms with Gasteiger partial charge >= 0.3 is 0 Å². The molecule has 0 bridgehead atoms. The Morgan fingerprint density at radius 3 is 2.52 bits per heavy atom. The summed E-state index contributed by atoms with van der Waals surface area (Å²) < 4.78 is 13.1. The number of halogens is 1. The number of hydrogen-bond donors (Lipinski definition) is 0. The molecule has 2 aromatic rings. The molecule has 1 saturated heterocycles. The largest absolute Gasteiger partial charge is 0.373 e. The van der Waals surface area contributed by atoms with Crippen molar-refractivity contribution < 1.29 is 9.47 Å². The zero-order chi connectivity index (χ0) is 14.5. The minimum absolute atomic E-state index is 0.275. The van der Waals surface area contributed by atoms with Gasteiger partial charge in [0.2, 0.25) is 0 Å². The van der Waals surface area contributed by atoms with Gasteiger partial charge in [0.05, 0.1) is 13.2 Å². The van der Waals surface area contributed by atoms with E-state index in [1.807, 2.05) is 24.3 Å². The molecule has 1 unspecified atom stereocenters. The lowest BCUT2D eigenvalue weighted by molar-refractivity contribution is -0.0728. The minimum Gasteiger partial charge on any atom is -0.373 e. The summed E-state index contributed by atoms with van der Waals surface area (Å²) in [6, 6.07) is 18.6. The van der Waals surface area contributed by atoms with Crippen LogP contribution < -0.4 is 0 Å². The molecule has 1 fully saturated rings. The fourth-order valence-corrected chi connectivity index (χ4v) is 3.20. The molecule has 1 heterocycles. The van der Waals surface area contributed by atoms with Gasteiger partial charge in [-0.25, -0.2) is 0 Å². The van der Waals surface area contributed by atoms with Crippen molar-refractivity contribution in [3.63, 3.8) is 0 Å². The van der Waals surface area contributed by atoms with Crippen molar-refractivity contribution >= 4 is 15.9 Å². The maximum atomic E-state index is 6.06. The maximum Gasteiger partial charge on any atom is 0.116 e. The second-order valence-corrected chi connectivity index (χ2v) is 6.25. The Morgan fingerprint density at radius 1 is 1.05 bits per heavy atom. The van der Waals surface area contributed by atoms with Crippen molar-refractivity contribution in [1.29, 1.82) is 0 Å². The van der Waals surface area contributed by atoms with E-state index in [0.29, 0.717) is 13.2 Å². The van der Waals surface area contributed by atoms with Gasteiger partial charge in [-0.05, 0) is 30.0 Å². The lowest BCUT2D eigenvalue weighted by Gasteiger charge is -2.28. The summed E-state index contributed by atoms with van der Waals surface area (Å²) in [5.41, 5.74) is 2.11. The van der Waals surface area contributed by atoms with E-state index in [-0.39, 0.29) is 5.60 Å². The summed E-state index contributed by atoms with van der Waals surface area (Å²) in [6.45, 7) is 2.00.